The Morgan fingerprint density at radius 3 is 2.58 bits per heavy atom. The Kier molecular flexibility index (Phi) is 7.31. The normalized spacial score (nSPS) is 19.6. The third kappa shape index (κ3) is 5.43. The van der Waals surface area contributed by atoms with Gasteiger partial charge in [0.2, 0.25) is 6.23 Å². The van der Waals surface area contributed by atoms with Crippen LogP contribution in [0.4, 0.5) is 4.79 Å². The summed E-state index contributed by atoms with van der Waals surface area (Å²) in [6.07, 6.45) is 6.56. The second-order valence-electron chi connectivity index (χ2n) is 12.7. The number of hydrogen-bond donors (Lipinski definition) is 1. The Morgan fingerprint density at radius 2 is 1.84 bits per heavy atom. The molecule has 0 saturated carbocycles. The minimum absolute atomic E-state index is 0.145. The van der Waals surface area contributed by atoms with Crippen LogP contribution in [-0.2, 0) is 9.47 Å². The van der Waals surface area contributed by atoms with Crippen LogP contribution in [0.15, 0.2) is 60.5 Å². The first-order valence-corrected chi connectivity index (χ1v) is 15.7. The second-order valence-corrected chi connectivity index (χ2v) is 13.2. The van der Waals surface area contributed by atoms with Crippen LogP contribution in [0.5, 0.6) is 11.5 Å². The molecule has 3 aliphatic rings. The van der Waals surface area contributed by atoms with Crippen molar-refractivity contribution in [3.63, 3.8) is 0 Å². The summed E-state index contributed by atoms with van der Waals surface area (Å²) < 4.78 is 26.0. The fourth-order valence-corrected chi connectivity index (χ4v) is 6.77. The van der Waals surface area contributed by atoms with E-state index in [9.17, 15) is 4.79 Å². The number of amides is 1. The largest absolute Gasteiger partial charge is 0.497 e. The molecule has 1 saturated heterocycles. The molecule has 1 aliphatic carbocycles. The minimum atomic E-state index is -0.553. The molecule has 1 amide bonds. The highest BCUT2D eigenvalue weighted by Crippen LogP contribution is 2.46. The SMILES string of the molecule is COc1cc(OC)cc(C2OC3=C(CCC(c4cnc(C5CCCN5C(=O)OC(C)(C)C)[nH]4)=C3)c3cc4cc(Cl)ccc4n32)c1. The summed E-state index contributed by atoms with van der Waals surface area (Å²) in [7, 11) is 3.29. The van der Waals surface area contributed by atoms with Crippen LogP contribution in [0.2, 0.25) is 5.02 Å². The standard InChI is InChI=1S/C35H37ClN4O5/c1-35(2,3)45-34(41)39-12-6-7-29(39)32-37-19-27(38-32)20-8-10-26-30-16-21-13-23(36)9-11-28(21)40(30)33(44-31(26)17-20)22-14-24(42-4)18-25(15-22)43-5/h9,11,13-19,29,33H,6-8,10,12H2,1-5H3,(H,37,38). The summed E-state index contributed by atoms with van der Waals surface area (Å²) in [4.78, 5) is 23.0. The van der Waals surface area contributed by atoms with Crippen LogP contribution in [0.1, 0.15) is 81.5 Å². The number of aromatic amines is 1. The van der Waals surface area contributed by atoms with Crippen molar-refractivity contribution in [2.75, 3.05) is 20.8 Å². The number of carbonyl (C=O) groups excluding carboxylic acids is 1. The summed E-state index contributed by atoms with van der Waals surface area (Å²) in [6, 6.07) is 13.8. The summed E-state index contributed by atoms with van der Waals surface area (Å²) in [5.41, 5.74) is 5.65. The number of H-pyrrole nitrogens is 1. The van der Waals surface area contributed by atoms with Gasteiger partial charge in [0, 0.05) is 34.2 Å². The number of aromatic nitrogens is 3. The van der Waals surface area contributed by atoms with Crippen LogP contribution in [-0.4, -0.2) is 51.9 Å². The average Bonchev–Trinajstić information content (AvgIpc) is 3.77. The predicted molar refractivity (Wildman–Crippen MR) is 173 cm³/mol. The van der Waals surface area contributed by atoms with Gasteiger partial charge in [-0.2, -0.15) is 0 Å². The highest BCUT2D eigenvalue weighted by atomic mass is 35.5. The number of halogens is 1. The van der Waals surface area contributed by atoms with Gasteiger partial charge in [0.1, 0.15) is 28.7 Å². The van der Waals surface area contributed by atoms with Gasteiger partial charge in [-0.15, -0.1) is 0 Å². The molecule has 4 heterocycles. The quantitative estimate of drug-likeness (QED) is 0.239. The predicted octanol–water partition coefficient (Wildman–Crippen LogP) is 8.27. The number of hydrogen-bond acceptors (Lipinski definition) is 6. The van der Waals surface area contributed by atoms with E-state index in [1.165, 1.54) is 0 Å². The van der Waals surface area contributed by atoms with Gasteiger partial charge in [-0.25, -0.2) is 9.78 Å². The molecule has 0 bridgehead atoms. The Hall–Kier alpha value is -4.37. The lowest BCUT2D eigenvalue weighted by molar-refractivity contribution is 0.0218. The fourth-order valence-electron chi connectivity index (χ4n) is 6.59. The zero-order valence-electron chi connectivity index (χ0n) is 26.1. The maximum Gasteiger partial charge on any atom is 0.410 e. The van der Waals surface area contributed by atoms with Gasteiger partial charge in [-0.1, -0.05) is 11.6 Å². The molecule has 0 spiro atoms. The van der Waals surface area contributed by atoms with Crippen molar-refractivity contribution < 1.29 is 23.7 Å². The van der Waals surface area contributed by atoms with E-state index in [1.807, 2.05) is 63.4 Å². The van der Waals surface area contributed by atoms with E-state index in [4.69, 9.17) is 35.5 Å². The summed E-state index contributed by atoms with van der Waals surface area (Å²) in [6.45, 7) is 6.31. The molecule has 1 fully saturated rings. The molecule has 2 aromatic carbocycles. The van der Waals surface area contributed by atoms with E-state index < -0.39 is 11.8 Å². The second kappa shape index (κ2) is 11.2. The zero-order valence-corrected chi connectivity index (χ0v) is 26.9. The first kappa shape index (κ1) is 29.3. The van der Waals surface area contributed by atoms with Crippen LogP contribution in [0.25, 0.3) is 22.0 Å². The minimum Gasteiger partial charge on any atom is -0.497 e. The van der Waals surface area contributed by atoms with E-state index in [0.717, 1.165) is 76.3 Å². The molecule has 9 nitrogen and oxygen atoms in total. The number of fused-ring (bicyclic) bond motifs is 4. The number of nitrogens with one attached hydrogen (secondary N) is 1. The van der Waals surface area contributed by atoms with Crippen LogP contribution in [0, 0.1) is 0 Å². The van der Waals surface area contributed by atoms with Crippen molar-refractivity contribution in [1.29, 1.82) is 0 Å². The van der Waals surface area contributed by atoms with Gasteiger partial charge in [-0.05, 0) is 94.5 Å². The number of imidazole rings is 1. The average molecular weight is 629 g/mol. The first-order valence-electron chi connectivity index (χ1n) is 15.3. The number of benzene rings is 2. The van der Waals surface area contributed by atoms with Crippen LogP contribution < -0.4 is 9.47 Å². The van der Waals surface area contributed by atoms with Crippen LogP contribution in [0.3, 0.4) is 0 Å². The van der Waals surface area contributed by atoms with E-state index >= 15 is 0 Å². The van der Waals surface area contributed by atoms with Crippen molar-refractivity contribution in [1.82, 2.24) is 19.4 Å². The van der Waals surface area contributed by atoms with Gasteiger partial charge in [-0.3, -0.25) is 4.90 Å². The molecular formula is C35H37ClN4O5. The van der Waals surface area contributed by atoms with Gasteiger partial charge in [0.15, 0.2) is 0 Å². The third-order valence-electron chi connectivity index (χ3n) is 8.63. The number of methoxy groups -OCH3 is 2. The number of carbonyl (C=O) groups is 1. The molecule has 10 heteroatoms. The number of rotatable bonds is 5. The van der Waals surface area contributed by atoms with Crippen LogP contribution >= 0.6 is 11.6 Å². The maximum atomic E-state index is 12.9. The van der Waals surface area contributed by atoms with Gasteiger partial charge >= 0.3 is 6.09 Å². The Bertz CT molecular complexity index is 1840. The van der Waals surface area contributed by atoms with E-state index in [0.29, 0.717) is 23.1 Å². The summed E-state index contributed by atoms with van der Waals surface area (Å²) >= 11 is 6.41. The smallest absolute Gasteiger partial charge is 0.410 e. The highest BCUT2D eigenvalue weighted by molar-refractivity contribution is 6.31. The summed E-state index contributed by atoms with van der Waals surface area (Å²) in [5, 5.41) is 1.74. The maximum absolute atomic E-state index is 12.9. The fraction of sp³-hybridized carbons (Fsp3) is 0.371. The topological polar surface area (TPSA) is 90.8 Å². The van der Waals surface area contributed by atoms with Crippen molar-refractivity contribution >= 4 is 39.7 Å². The lowest BCUT2D eigenvalue weighted by Crippen LogP contribution is -2.36. The molecule has 2 aliphatic heterocycles. The Labute approximate surface area is 267 Å². The molecule has 2 atom stereocenters. The number of nitrogens with zero attached hydrogens (tertiary/aromatic N) is 3. The molecular weight excluding hydrogens is 592 g/mol. The molecule has 45 heavy (non-hydrogen) atoms. The number of ether oxygens (including phenoxy) is 4. The van der Waals surface area contributed by atoms with E-state index in [1.54, 1.807) is 19.1 Å². The van der Waals surface area contributed by atoms with Crippen molar-refractivity contribution in [2.24, 2.45) is 0 Å². The van der Waals surface area contributed by atoms with E-state index in [-0.39, 0.29) is 12.1 Å². The Balaban J connectivity index is 1.26. The van der Waals surface area contributed by atoms with Crippen molar-refractivity contribution in [3.8, 4) is 11.5 Å². The zero-order chi connectivity index (χ0) is 31.5. The van der Waals surface area contributed by atoms with Crippen molar-refractivity contribution in [2.45, 2.75) is 64.3 Å². The Morgan fingerprint density at radius 1 is 1.07 bits per heavy atom. The summed E-state index contributed by atoms with van der Waals surface area (Å²) in [5.74, 6) is 2.96. The highest BCUT2D eigenvalue weighted by Gasteiger charge is 2.36. The first-order chi connectivity index (χ1) is 21.6. The van der Waals surface area contributed by atoms with Gasteiger partial charge in [0.25, 0.3) is 0 Å². The molecule has 234 valence electrons. The molecule has 2 unspecified atom stereocenters. The lowest BCUT2D eigenvalue weighted by atomic mass is 9.92. The number of likely N-dealkylation sites (tertiary alicyclic amines) is 1. The van der Waals surface area contributed by atoms with Gasteiger partial charge < -0.3 is 28.5 Å². The molecule has 2 aromatic heterocycles. The molecule has 4 aromatic rings. The number of allylic oxidation sites excluding steroid dienone is 3. The van der Waals surface area contributed by atoms with Crippen molar-refractivity contribution in [3.05, 3.63) is 88.3 Å². The molecule has 7 rings (SSSR count). The lowest BCUT2D eigenvalue weighted by Gasteiger charge is -2.33. The monoisotopic (exact) mass is 628 g/mol. The van der Waals surface area contributed by atoms with E-state index in [2.05, 4.69) is 21.7 Å². The third-order valence-corrected chi connectivity index (χ3v) is 8.86. The van der Waals surface area contributed by atoms with Gasteiger partial charge in [0.05, 0.1) is 43.4 Å². The molecule has 0 radical (unpaired) electrons. The molecule has 1 N–H and O–H groups in total.